The summed E-state index contributed by atoms with van der Waals surface area (Å²) in [4.78, 5) is 31.0. The van der Waals surface area contributed by atoms with Crippen molar-refractivity contribution in [2.45, 2.75) is 5.16 Å². The molecule has 1 aromatic heterocycles. The average Bonchev–Trinajstić information content (AvgIpc) is 2.74. The van der Waals surface area contributed by atoms with Gasteiger partial charge in [-0.25, -0.2) is 9.97 Å². The number of carboxylic acids is 1. The van der Waals surface area contributed by atoms with Gasteiger partial charge in [0.05, 0.1) is 26.5 Å². The lowest BCUT2D eigenvalue weighted by molar-refractivity contribution is -0.137. The molecule has 10 nitrogen and oxygen atoms in total. The fourth-order valence-electron chi connectivity index (χ4n) is 2.36. The second-order valence-electron chi connectivity index (χ2n) is 5.49. The van der Waals surface area contributed by atoms with Crippen molar-refractivity contribution >= 4 is 29.5 Å². The first-order valence-electron chi connectivity index (χ1n) is 8.24. The Balaban J connectivity index is 2.41. The summed E-state index contributed by atoms with van der Waals surface area (Å²) in [5.74, 6) is -0.531. The zero-order valence-electron chi connectivity index (χ0n) is 16.0. The molecule has 11 heteroatoms. The molecule has 2 aromatic rings. The minimum absolute atomic E-state index is 0.140. The molecule has 1 aromatic carbocycles. The molecule has 0 saturated heterocycles. The summed E-state index contributed by atoms with van der Waals surface area (Å²) in [5, 5.41) is 23.7. The molecule has 152 valence electrons. The fraction of sp³-hybridized carbons (Fsp3) is 0.278. The number of rotatable bonds is 9. The molecule has 0 aliphatic heterocycles. The van der Waals surface area contributed by atoms with E-state index in [1.807, 2.05) is 0 Å². The normalized spacial score (nSPS) is 10.0. The van der Waals surface area contributed by atoms with Crippen LogP contribution in [0.5, 0.6) is 11.5 Å². The number of carboxylic acid groups (broad SMARTS) is 1. The topological polar surface area (TPSA) is 146 Å². The van der Waals surface area contributed by atoms with Crippen molar-refractivity contribution in [2.24, 2.45) is 0 Å². The lowest BCUT2D eigenvalue weighted by atomic mass is 10.1. The molecule has 0 spiro atoms. The van der Waals surface area contributed by atoms with E-state index in [9.17, 15) is 14.9 Å². The number of ether oxygens (including phenoxy) is 2. The van der Waals surface area contributed by atoms with E-state index in [1.165, 1.54) is 26.0 Å². The molecular weight excluding hydrogens is 398 g/mol. The standard InChI is InChI=1S/C18H19N5O5S/c1-27-12-5-4-10(6-13(12)28-2)16-11(7-19)17(23-18(22-16)29-3)21-8-14(24)20-9-15(25)26/h4-6H,8-9H2,1-3H3,(H,20,24)(H,25,26)(H,21,22,23). The van der Waals surface area contributed by atoms with E-state index in [0.717, 1.165) is 0 Å². The minimum Gasteiger partial charge on any atom is -0.493 e. The second-order valence-corrected chi connectivity index (χ2v) is 6.26. The van der Waals surface area contributed by atoms with Gasteiger partial charge < -0.3 is 25.2 Å². The molecule has 0 aliphatic rings. The van der Waals surface area contributed by atoms with Crippen LogP contribution in [0, 0.1) is 11.3 Å². The summed E-state index contributed by atoms with van der Waals surface area (Å²) in [6.07, 6.45) is 1.78. The van der Waals surface area contributed by atoms with Crippen LogP contribution in [0.1, 0.15) is 5.56 Å². The van der Waals surface area contributed by atoms with Crippen molar-refractivity contribution in [3.05, 3.63) is 23.8 Å². The van der Waals surface area contributed by atoms with Crippen molar-refractivity contribution in [1.29, 1.82) is 5.26 Å². The van der Waals surface area contributed by atoms with Crippen LogP contribution in [0.4, 0.5) is 5.82 Å². The maximum Gasteiger partial charge on any atom is 0.322 e. The van der Waals surface area contributed by atoms with Crippen molar-refractivity contribution in [1.82, 2.24) is 15.3 Å². The molecule has 1 heterocycles. The van der Waals surface area contributed by atoms with Crippen molar-refractivity contribution < 1.29 is 24.2 Å². The maximum atomic E-state index is 11.8. The maximum absolute atomic E-state index is 11.8. The molecule has 0 fully saturated rings. The number of thioether (sulfide) groups is 1. The predicted molar refractivity (Wildman–Crippen MR) is 106 cm³/mol. The van der Waals surface area contributed by atoms with Crippen LogP contribution >= 0.6 is 11.8 Å². The lowest BCUT2D eigenvalue weighted by Crippen LogP contribution is -2.34. The zero-order chi connectivity index (χ0) is 21.4. The average molecular weight is 417 g/mol. The Labute approximate surface area is 171 Å². The monoisotopic (exact) mass is 417 g/mol. The summed E-state index contributed by atoms with van der Waals surface area (Å²) in [5.41, 5.74) is 1.11. The van der Waals surface area contributed by atoms with Gasteiger partial charge in [0.15, 0.2) is 16.7 Å². The van der Waals surface area contributed by atoms with Crippen LogP contribution in [-0.4, -0.2) is 60.5 Å². The molecule has 0 radical (unpaired) electrons. The van der Waals surface area contributed by atoms with Gasteiger partial charge in [0.2, 0.25) is 5.91 Å². The summed E-state index contributed by atoms with van der Waals surface area (Å²) < 4.78 is 10.5. The van der Waals surface area contributed by atoms with Crippen molar-refractivity contribution in [3.63, 3.8) is 0 Å². The second kappa shape index (κ2) is 10.1. The smallest absolute Gasteiger partial charge is 0.322 e. The Kier molecular flexibility index (Phi) is 7.62. The molecule has 0 atom stereocenters. The van der Waals surface area contributed by atoms with Crippen molar-refractivity contribution in [3.8, 4) is 28.8 Å². The van der Waals surface area contributed by atoms with Crippen molar-refractivity contribution in [2.75, 3.05) is 38.9 Å². The summed E-state index contributed by atoms with van der Waals surface area (Å²) in [6.45, 7) is -0.749. The number of carbonyl (C=O) groups is 2. The van der Waals surface area contributed by atoms with Crippen LogP contribution in [0.3, 0.4) is 0 Å². The highest BCUT2D eigenvalue weighted by molar-refractivity contribution is 7.98. The number of nitrogens with zero attached hydrogens (tertiary/aromatic N) is 3. The van der Waals surface area contributed by atoms with Gasteiger partial charge in [0.1, 0.15) is 24.0 Å². The highest BCUT2D eigenvalue weighted by Gasteiger charge is 2.18. The molecule has 29 heavy (non-hydrogen) atoms. The number of anilines is 1. The van der Waals surface area contributed by atoms with Crippen LogP contribution in [-0.2, 0) is 9.59 Å². The molecular formula is C18H19N5O5S. The molecule has 1 amide bonds. The van der Waals surface area contributed by atoms with Crippen LogP contribution in [0.2, 0.25) is 0 Å². The molecule has 0 saturated carbocycles. The van der Waals surface area contributed by atoms with Crippen LogP contribution < -0.4 is 20.1 Å². The molecule has 0 aliphatic carbocycles. The molecule has 3 N–H and O–H groups in total. The number of nitriles is 1. The number of aliphatic carboxylic acids is 1. The third kappa shape index (κ3) is 5.49. The number of carbonyl (C=O) groups excluding carboxylic acids is 1. The van der Waals surface area contributed by atoms with Gasteiger partial charge in [-0.05, 0) is 24.5 Å². The van der Waals surface area contributed by atoms with E-state index < -0.39 is 18.4 Å². The first-order chi connectivity index (χ1) is 13.9. The van der Waals surface area contributed by atoms with E-state index in [0.29, 0.717) is 27.9 Å². The largest absolute Gasteiger partial charge is 0.493 e. The Morgan fingerprint density at radius 3 is 2.52 bits per heavy atom. The third-order valence-corrected chi connectivity index (χ3v) is 4.24. The Morgan fingerprint density at radius 2 is 1.93 bits per heavy atom. The van der Waals surface area contributed by atoms with Gasteiger partial charge in [0, 0.05) is 5.56 Å². The summed E-state index contributed by atoms with van der Waals surface area (Å²) in [7, 11) is 3.02. The van der Waals surface area contributed by atoms with E-state index >= 15 is 0 Å². The Bertz CT molecular complexity index is 960. The van der Waals surface area contributed by atoms with E-state index in [1.54, 1.807) is 24.5 Å². The van der Waals surface area contributed by atoms with Gasteiger partial charge in [0.25, 0.3) is 0 Å². The number of hydrogen-bond acceptors (Lipinski definition) is 9. The molecule has 0 unspecified atom stereocenters. The Hall–Kier alpha value is -3.52. The lowest BCUT2D eigenvalue weighted by Gasteiger charge is -2.13. The number of amides is 1. The first-order valence-corrected chi connectivity index (χ1v) is 9.46. The number of nitrogens with one attached hydrogen (secondary N) is 2. The number of aromatic nitrogens is 2. The summed E-state index contributed by atoms with van der Waals surface area (Å²) >= 11 is 1.27. The van der Waals surface area contributed by atoms with E-state index in [2.05, 4.69) is 26.7 Å². The van der Waals surface area contributed by atoms with E-state index in [4.69, 9.17) is 14.6 Å². The Morgan fingerprint density at radius 1 is 1.21 bits per heavy atom. The predicted octanol–water partition coefficient (Wildman–Crippen LogP) is 1.37. The van der Waals surface area contributed by atoms with Gasteiger partial charge in [-0.15, -0.1) is 0 Å². The van der Waals surface area contributed by atoms with Crippen LogP contribution in [0.25, 0.3) is 11.3 Å². The van der Waals surface area contributed by atoms with Gasteiger partial charge in [-0.3, -0.25) is 9.59 Å². The fourth-order valence-corrected chi connectivity index (χ4v) is 2.72. The van der Waals surface area contributed by atoms with Gasteiger partial charge >= 0.3 is 5.97 Å². The highest BCUT2D eigenvalue weighted by atomic mass is 32.2. The number of hydrogen-bond donors (Lipinski definition) is 3. The van der Waals surface area contributed by atoms with E-state index in [-0.39, 0.29) is 17.9 Å². The quantitative estimate of drug-likeness (QED) is 0.404. The first kappa shape index (κ1) is 21.8. The third-order valence-electron chi connectivity index (χ3n) is 3.69. The molecule has 2 rings (SSSR count). The highest BCUT2D eigenvalue weighted by Crippen LogP contribution is 2.34. The van der Waals surface area contributed by atoms with Gasteiger partial charge in [-0.1, -0.05) is 11.8 Å². The van der Waals surface area contributed by atoms with Gasteiger partial charge in [-0.2, -0.15) is 5.26 Å². The zero-order valence-corrected chi connectivity index (χ0v) is 16.8. The molecule has 0 bridgehead atoms. The number of methoxy groups -OCH3 is 2. The summed E-state index contributed by atoms with van der Waals surface area (Å²) in [6, 6.07) is 7.18. The minimum atomic E-state index is -1.15. The SMILES string of the molecule is COc1ccc(-c2nc(SC)nc(NCC(=O)NCC(=O)O)c2C#N)cc1OC. The number of benzene rings is 1. The van der Waals surface area contributed by atoms with Crippen LogP contribution in [0.15, 0.2) is 23.4 Å².